The van der Waals surface area contributed by atoms with Crippen molar-refractivity contribution in [2.45, 2.75) is 51.0 Å². The van der Waals surface area contributed by atoms with Gasteiger partial charge >= 0.3 is 0 Å². The lowest BCUT2D eigenvalue weighted by atomic mass is 9.89. The lowest BCUT2D eigenvalue weighted by Gasteiger charge is -2.21. The molecule has 1 aliphatic carbocycles. The Balaban J connectivity index is 2.19. The standard InChI is InChI=1S/C13H21ClN4O/c1-8(19)7-16-13-10(15)11(14)17-12(18-13)9-5-3-2-4-6-9/h8-9,19H,2-7,15H2,1H3,(H,16,17,18). The molecule has 19 heavy (non-hydrogen) atoms. The zero-order chi connectivity index (χ0) is 13.8. The molecule has 0 spiro atoms. The average molecular weight is 285 g/mol. The Morgan fingerprint density at radius 2 is 2.05 bits per heavy atom. The molecule has 0 aromatic carbocycles. The molecule has 0 saturated heterocycles. The van der Waals surface area contributed by atoms with E-state index in [1.807, 2.05) is 0 Å². The van der Waals surface area contributed by atoms with E-state index < -0.39 is 6.10 Å². The van der Waals surface area contributed by atoms with Crippen molar-refractivity contribution in [2.75, 3.05) is 17.6 Å². The Bertz CT molecular complexity index is 433. The van der Waals surface area contributed by atoms with Gasteiger partial charge in [-0.2, -0.15) is 0 Å². The summed E-state index contributed by atoms with van der Waals surface area (Å²) < 4.78 is 0. The van der Waals surface area contributed by atoms with Gasteiger partial charge in [-0.15, -0.1) is 0 Å². The number of anilines is 2. The van der Waals surface area contributed by atoms with Gasteiger partial charge in [-0.25, -0.2) is 9.97 Å². The highest BCUT2D eigenvalue weighted by atomic mass is 35.5. The van der Waals surface area contributed by atoms with Gasteiger partial charge in [0.15, 0.2) is 11.0 Å². The predicted molar refractivity (Wildman–Crippen MR) is 77.5 cm³/mol. The first-order chi connectivity index (χ1) is 9.08. The molecule has 1 fully saturated rings. The van der Waals surface area contributed by atoms with Crippen LogP contribution in [0.2, 0.25) is 5.15 Å². The molecular formula is C13H21ClN4O. The Morgan fingerprint density at radius 3 is 2.68 bits per heavy atom. The van der Waals surface area contributed by atoms with Crippen LogP contribution in [0.5, 0.6) is 0 Å². The van der Waals surface area contributed by atoms with Crippen LogP contribution in [0.3, 0.4) is 0 Å². The Kier molecular flexibility index (Phi) is 4.82. The van der Waals surface area contributed by atoms with E-state index in [0.717, 1.165) is 18.7 Å². The third-order valence-corrected chi connectivity index (χ3v) is 3.74. The number of nitrogens with zero attached hydrogens (tertiary/aromatic N) is 2. The molecule has 1 aliphatic rings. The average Bonchev–Trinajstić information content (AvgIpc) is 2.41. The van der Waals surface area contributed by atoms with E-state index in [9.17, 15) is 5.11 Å². The molecule has 1 aromatic heterocycles. The molecule has 2 rings (SSSR count). The number of hydrogen-bond donors (Lipinski definition) is 3. The lowest BCUT2D eigenvalue weighted by Crippen LogP contribution is -2.19. The third-order valence-electron chi connectivity index (χ3n) is 3.45. The maximum atomic E-state index is 9.31. The molecule has 1 saturated carbocycles. The minimum Gasteiger partial charge on any atom is -0.393 e. The molecule has 6 heteroatoms. The molecule has 1 atom stereocenters. The SMILES string of the molecule is CC(O)CNc1nc(C2CCCCC2)nc(Cl)c1N. The molecule has 4 N–H and O–H groups in total. The molecule has 0 amide bonds. The highest BCUT2D eigenvalue weighted by Gasteiger charge is 2.21. The Hall–Kier alpha value is -1.07. The summed E-state index contributed by atoms with van der Waals surface area (Å²) in [5, 5.41) is 12.6. The topological polar surface area (TPSA) is 84.1 Å². The zero-order valence-electron chi connectivity index (χ0n) is 11.2. The monoisotopic (exact) mass is 284 g/mol. The first-order valence-electron chi connectivity index (χ1n) is 6.82. The van der Waals surface area contributed by atoms with Crippen LogP contribution in [-0.2, 0) is 0 Å². The van der Waals surface area contributed by atoms with Crippen LogP contribution in [0.4, 0.5) is 11.5 Å². The maximum absolute atomic E-state index is 9.31. The fourth-order valence-corrected chi connectivity index (χ4v) is 2.56. The van der Waals surface area contributed by atoms with Crippen molar-refractivity contribution in [1.82, 2.24) is 9.97 Å². The number of aromatic nitrogens is 2. The minimum absolute atomic E-state index is 0.295. The highest BCUT2D eigenvalue weighted by molar-refractivity contribution is 6.32. The van der Waals surface area contributed by atoms with Gasteiger partial charge in [0.2, 0.25) is 0 Å². The molecule has 1 unspecified atom stereocenters. The van der Waals surface area contributed by atoms with Gasteiger partial charge in [0.05, 0.1) is 6.10 Å². The highest BCUT2D eigenvalue weighted by Crippen LogP contribution is 2.33. The third kappa shape index (κ3) is 3.70. The first-order valence-corrected chi connectivity index (χ1v) is 7.20. The number of hydrogen-bond acceptors (Lipinski definition) is 5. The molecular weight excluding hydrogens is 264 g/mol. The van der Waals surface area contributed by atoms with Crippen LogP contribution in [-0.4, -0.2) is 27.7 Å². The van der Waals surface area contributed by atoms with E-state index in [4.69, 9.17) is 17.3 Å². The molecule has 1 heterocycles. The zero-order valence-corrected chi connectivity index (χ0v) is 12.0. The summed E-state index contributed by atoms with van der Waals surface area (Å²) in [5.74, 6) is 1.67. The van der Waals surface area contributed by atoms with Crippen LogP contribution in [0, 0.1) is 0 Å². The summed E-state index contributed by atoms with van der Waals surface area (Å²) in [6.07, 6.45) is 5.46. The number of aliphatic hydroxyl groups excluding tert-OH is 1. The van der Waals surface area contributed by atoms with Gasteiger partial charge in [0.1, 0.15) is 11.5 Å². The van der Waals surface area contributed by atoms with Crippen molar-refractivity contribution in [1.29, 1.82) is 0 Å². The number of halogens is 1. The number of rotatable bonds is 4. The van der Waals surface area contributed by atoms with Crippen molar-refractivity contribution in [3.63, 3.8) is 0 Å². The van der Waals surface area contributed by atoms with Crippen LogP contribution >= 0.6 is 11.6 Å². The summed E-state index contributed by atoms with van der Waals surface area (Å²) in [4.78, 5) is 8.80. The second-order valence-electron chi connectivity index (χ2n) is 5.20. The summed E-state index contributed by atoms with van der Waals surface area (Å²) in [6.45, 7) is 2.09. The number of aliphatic hydroxyl groups is 1. The summed E-state index contributed by atoms with van der Waals surface area (Å²) >= 11 is 6.07. The minimum atomic E-state index is -0.466. The first kappa shape index (κ1) is 14.3. The van der Waals surface area contributed by atoms with Crippen molar-refractivity contribution in [2.24, 2.45) is 0 Å². The largest absolute Gasteiger partial charge is 0.393 e. The second kappa shape index (κ2) is 6.39. The van der Waals surface area contributed by atoms with E-state index >= 15 is 0 Å². The smallest absolute Gasteiger partial charge is 0.157 e. The van der Waals surface area contributed by atoms with E-state index in [0.29, 0.717) is 29.1 Å². The Labute approximate surface area is 118 Å². The number of nitrogens with two attached hydrogens (primary N) is 1. The predicted octanol–water partition coefficient (Wildman–Crippen LogP) is 2.55. The fourth-order valence-electron chi connectivity index (χ4n) is 2.38. The van der Waals surface area contributed by atoms with Gasteiger partial charge in [-0.3, -0.25) is 0 Å². The summed E-state index contributed by atoms with van der Waals surface area (Å²) in [5.41, 5.74) is 6.22. The van der Waals surface area contributed by atoms with Gasteiger partial charge < -0.3 is 16.2 Å². The normalized spacial score (nSPS) is 18.3. The van der Waals surface area contributed by atoms with E-state index in [2.05, 4.69) is 15.3 Å². The number of nitrogen functional groups attached to an aromatic ring is 1. The Morgan fingerprint density at radius 1 is 1.37 bits per heavy atom. The van der Waals surface area contributed by atoms with Crippen LogP contribution in [0.15, 0.2) is 0 Å². The second-order valence-corrected chi connectivity index (χ2v) is 5.56. The van der Waals surface area contributed by atoms with E-state index in [1.54, 1.807) is 6.92 Å². The van der Waals surface area contributed by atoms with Crippen LogP contribution < -0.4 is 11.1 Å². The maximum Gasteiger partial charge on any atom is 0.157 e. The fraction of sp³-hybridized carbons (Fsp3) is 0.692. The van der Waals surface area contributed by atoms with Crippen molar-refractivity contribution in [3.05, 3.63) is 11.0 Å². The molecule has 0 aliphatic heterocycles. The number of nitrogens with one attached hydrogen (secondary N) is 1. The summed E-state index contributed by atoms with van der Waals surface area (Å²) in [7, 11) is 0. The van der Waals surface area contributed by atoms with Crippen molar-refractivity contribution >= 4 is 23.1 Å². The van der Waals surface area contributed by atoms with E-state index in [1.165, 1.54) is 19.3 Å². The van der Waals surface area contributed by atoms with Gasteiger partial charge in [-0.1, -0.05) is 30.9 Å². The lowest BCUT2D eigenvalue weighted by molar-refractivity contribution is 0.208. The quantitative estimate of drug-likeness (QED) is 0.740. The van der Waals surface area contributed by atoms with E-state index in [-0.39, 0.29) is 0 Å². The molecule has 5 nitrogen and oxygen atoms in total. The molecule has 106 valence electrons. The van der Waals surface area contributed by atoms with Crippen molar-refractivity contribution in [3.8, 4) is 0 Å². The van der Waals surface area contributed by atoms with Crippen LogP contribution in [0.25, 0.3) is 0 Å². The molecule has 0 radical (unpaired) electrons. The van der Waals surface area contributed by atoms with Gasteiger partial charge in [0.25, 0.3) is 0 Å². The summed E-state index contributed by atoms with van der Waals surface area (Å²) in [6, 6.07) is 0. The van der Waals surface area contributed by atoms with Gasteiger partial charge in [0, 0.05) is 12.5 Å². The van der Waals surface area contributed by atoms with Gasteiger partial charge in [-0.05, 0) is 19.8 Å². The molecule has 0 bridgehead atoms. The van der Waals surface area contributed by atoms with Crippen molar-refractivity contribution < 1.29 is 5.11 Å². The molecule has 1 aromatic rings. The van der Waals surface area contributed by atoms with Crippen LogP contribution in [0.1, 0.15) is 50.8 Å².